The molecule has 2 aliphatic rings. The molecule has 8 heteroatoms. The summed E-state index contributed by atoms with van der Waals surface area (Å²) in [6, 6.07) is 25.7. The topological polar surface area (TPSA) is 79.9 Å². The average molecular weight is 819 g/mol. The van der Waals surface area contributed by atoms with Crippen LogP contribution in [0.3, 0.4) is 0 Å². The van der Waals surface area contributed by atoms with Crippen LogP contribution in [-0.2, 0) is 9.53 Å². The number of nitrogens with zero attached hydrogens (tertiary/aromatic N) is 4. The highest BCUT2D eigenvalue weighted by Crippen LogP contribution is 2.42. The number of carbonyl (C=O) groups is 2. The summed E-state index contributed by atoms with van der Waals surface area (Å²) in [6.45, 7) is 13.5. The van der Waals surface area contributed by atoms with Gasteiger partial charge < -0.3 is 19.0 Å². The van der Waals surface area contributed by atoms with Gasteiger partial charge in [0, 0.05) is 69.0 Å². The molecule has 4 unspecified atom stereocenters. The van der Waals surface area contributed by atoms with Gasteiger partial charge in [0.25, 0.3) is 5.91 Å². The number of imide groups is 1. The van der Waals surface area contributed by atoms with Crippen molar-refractivity contribution < 1.29 is 19.4 Å². The van der Waals surface area contributed by atoms with Crippen molar-refractivity contribution in [1.82, 2.24) is 18.9 Å². The maximum Gasteiger partial charge on any atom is 0.329 e. The first-order chi connectivity index (χ1) is 29.6. The van der Waals surface area contributed by atoms with Gasteiger partial charge in [-0.2, -0.15) is 0 Å². The highest BCUT2D eigenvalue weighted by molar-refractivity contribution is 6.12. The Kier molecular flexibility index (Phi) is 12.4. The number of aromatic nitrogens is 2. The van der Waals surface area contributed by atoms with E-state index in [2.05, 4.69) is 141 Å². The number of amides is 3. The van der Waals surface area contributed by atoms with E-state index in [-0.39, 0.29) is 24.3 Å². The molecule has 4 aromatic carbocycles. The summed E-state index contributed by atoms with van der Waals surface area (Å²) in [6.07, 6.45) is 14.5. The van der Waals surface area contributed by atoms with Crippen LogP contribution in [0.15, 0.2) is 107 Å². The van der Waals surface area contributed by atoms with E-state index in [4.69, 9.17) is 4.74 Å². The molecule has 1 saturated carbocycles. The third-order valence-electron chi connectivity index (χ3n) is 13.2. The normalized spacial score (nSPS) is 20.1. The number of rotatable bonds is 14. The fourth-order valence-corrected chi connectivity index (χ4v) is 10.4. The molecule has 8 rings (SSSR count). The lowest BCUT2D eigenvalue weighted by Gasteiger charge is -2.42. The van der Waals surface area contributed by atoms with Crippen LogP contribution in [0.25, 0.3) is 55.5 Å². The highest BCUT2D eigenvalue weighted by Gasteiger charge is 2.46. The Labute approximate surface area is 360 Å². The van der Waals surface area contributed by atoms with Gasteiger partial charge >= 0.3 is 6.03 Å². The van der Waals surface area contributed by atoms with Gasteiger partial charge in [-0.05, 0) is 105 Å². The maximum atomic E-state index is 15.0. The molecule has 8 nitrogen and oxygen atoms in total. The molecule has 0 radical (unpaired) electrons. The second-order valence-corrected chi connectivity index (χ2v) is 17.3. The highest BCUT2D eigenvalue weighted by atomic mass is 16.5. The molecule has 1 saturated heterocycles. The lowest BCUT2D eigenvalue weighted by atomic mass is 9.93. The maximum absolute atomic E-state index is 15.0. The van der Waals surface area contributed by atoms with Crippen molar-refractivity contribution in [1.29, 1.82) is 0 Å². The molecule has 2 aromatic heterocycles. The molecule has 1 aliphatic heterocycles. The van der Waals surface area contributed by atoms with Crippen molar-refractivity contribution in [2.24, 2.45) is 0 Å². The van der Waals surface area contributed by atoms with Crippen molar-refractivity contribution in [3.63, 3.8) is 0 Å². The third kappa shape index (κ3) is 7.42. The molecular formula is C53H62N4O4. The number of ether oxygens (including phenoxy) is 1. The zero-order valence-corrected chi connectivity index (χ0v) is 37.1. The number of methoxy groups -OCH3 is 1. The molecule has 3 heterocycles. The summed E-state index contributed by atoms with van der Waals surface area (Å²) in [5.41, 5.74) is 5.38. The Bertz CT molecular complexity index is 2650. The Balaban J connectivity index is 1.40. The number of aliphatic hydroxyl groups excluding tert-OH is 1. The van der Waals surface area contributed by atoms with Gasteiger partial charge in [-0.1, -0.05) is 113 Å². The van der Waals surface area contributed by atoms with E-state index in [9.17, 15) is 14.7 Å². The van der Waals surface area contributed by atoms with Crippen LogP contribution in [-0.4, -0.2) is 68.5 Å². The standard InChI is InChI=1S/C53H62N4O4/c1-8-11-32-54-51(58)50(52(59)57(53(54)60)36(6)33-61-7)47-39(28-30-43-41-22-12-18-37-20-14-24-45(48(37)41)55(43)34(4)16-9-2)26-27-40(47)29-31-44-42-23-13-19-38-21-15-25-46(49(38)42)56(44)35(5)17-10-3/h12-15,18-25,28-31,34-36,51,58H,8-11,16-17,26-27,32-33H2,1-7H3/b39-28+,40-29+,43-30+,44-31+,50-47?. The van der Waals surface area contributed by atoms with E-state index in [0.717, 1.165) is 59.5 Å². The van der Waals surface area contributed by atoms with Crippen molar-refractivity contribution in [3.05, 3.63) is 118 Å². The first kappa shape index (κ1) is 42.3. The van der Waals surface area contributed by atoms with Gasteiger partial charge in [0.1, 0.15) is 0 Å². The quantitative estimate of drug-likeness (QED) is 0.111. The van der Waals surface area contributed by atoms with Crippen LogP contribution < -0.4 is 10.7 Å². The molecule has 4 atom stereocenters. The summed E-state index contributed by atoms with van der Waals surface area (Å²) in [7, 11) is 1.58. The predicted octanol–water partition coefficient (Wildman–Crippen LogP) is 10.7. The van der Waals surface area contributed by atoms with Crippen molar-refractivity contribution >= 4 is 67.4 Å². The van der Waals surface area contributed by atoms with Crippen LogP contribution in [0.5, 0.6) is 0 Å². The van der Waals surface area contributed by atoms with E-state index in [1.165, 1.54) is 53.2 Å². The molecule has 1 aliphatic carbocycles. The molecule has 2 fully saturated rings. The minimum absolute atomic E-state index is 0.192. The first-order valence-electron chi connectivity index (χ1n) is 22.6. The number of allylic oxidation sites excluding steroid dienone is 5. The fraction of sp³-hybridized carbons (Fsp3) is 0.396. The van der Waals surface area contributed by atoms with Gasteiger partial charge in [0.05, 0.1) is 18.2 Å². The second kappa shape index (κ2) is 17.9. The SMILES string of the molecule is CCCCN1C(=O)N(C(C)COC)C(=O)C(=C2/C(=C/C=c3\c4cccc5cccc(c54)n3C(C)CCC)CC/C2=C\C=c2/c3cccc4cccc(c43)n2C(C)CCC)C1O. The predicted molar refractivity (Wildman–Crippen MR) is 251 cm³/mol. The summed E-state index contributed by atoms with van der Waals surface area (Å²) in [5.74, 6) is -0.462. The lowest BCUT2D eigenvalue weighted by Crippen LogP contribution is -2.61. The van der Waals surface area contributed by atoms with Crippen LogP contribution in [0.1, 0.15) is 105 Å². The molecular weight excluding hydrogens is 757 g/mol. The Hall–Kier alpha value is -5.44. The van der Waals surface area contributed by atoms with Crippen molar-refractivity contribution in [2.75, 3.05) is 20.3 Å². The van der Waals surface area contributed by atoms with E-state index in [0.29, 0.717) is 25.8 Å². The minimum atomic E-state index is -1.39. The van der Waals surface area contributed by atoms with Crippen LogP contribution in [0.2, 0.25) is 0 Å². The summed E-state index contributed by atoms with van der Waals surface area (Å²) >= 11 is 0. The number of unbranched alkanes of at least 4 members (excludes halogenated alkanes) is 1. The zero-order valence-electron chi connectivity index (χ0n) is 37.1. The van der Waals surface area contributed by atoms with Gasteiger partial charge in [0.2, 0.25) is 0 Å². The number of benzene rings is 4. The largest absolute Gasteiger partial charge is 0.383 e. The Morgan fingerprint density at radius 1 is 0.689 bits per heavy atom. The number of aliphatic hydroxyl groups is 1. The molecule has 318 valence electrons. The summed E-state index contributed by atoms with van der Waals surface area (Å²) in [4.78, 5) is 31.9. The molecule has 61 heavy (non-hydrogen) atoms. The lowest BCUT2D eigenvalue weighted by molar-refractivity contribution is -0.133. The average Bonchev–Trinajstić information content (AvgIpc) is 3.91. The molecule has 1 N–H and O–H groups in total. The van der Waals surface area contributed by atoms with Crippen molar-refractivity contribution in [3.8, 4) is 0 Å². The Morgan fingerprint density at radius 2 is 1.18 bits per heavy atom. The fourth-order valence-electron chi connectivity index (χ4n) is 10.4. The first-order valence-corrected chi connectivity index (χ1v) is 22.6. The minimum Gasteiger partial charge on any atom is -0.383 e. The van der Waals surface area contributed by atoms with E-state index in [1.54, 1.807) is 7.11 Å². The smallest absolute Gasteiger partial charge is 0.329 e. The van der Waals surface area contributed by atoms with Crippen LogP contribution >= 0.6 is 0 Å². The number of urea groups is 1. The molecule has 3 amide bonds. The van der Waals surface area contributed by atoms with E-state index in [1.807, 2.05) is 6.92 Å². The summed E-state index contributed by atoms with van der Waals surface area (Å²) in [5, 5.41) is 21.9. The van der Waals surface area contributed by atoms with Crippen LogP contribution in [0.4, 0.5) is 4.79 Å². The number of hydrogen-bond acceptors (Lipinski definition) is 4. The van der Waals surface area contributed by atoms with Gasteiger partial charge in [0.15, 0.2) is 6.23 Å². The summed E-state index contributed by atoms with van der Waals surface area (Å²) < 4.78 is 10.4. The number of carbonyl (C=O) groups excluding carboxylic acids is 2. The number of hydrogen-bond donors (Lipinski definition) is 1. The second-order valence-electron chi connectivity index (χ2n) is 17.3. The third-order valence-corrected chi connectivity index (χ3v) is 13.2. The van der Waals surface area contributed by atoms with Gasteiger partial charge in [-0.15, -0.1) is 0 Å². The van der Waals surface area contributed by atoms with Crippen LogP contribution in [0, 0.1) is 0 Å². The van der Waals surface area contributed by atoms with Gasteiger partial charge in [-0.25, -0.2) is 4.79 Å². The zero-order chi connectivity index (χ0) is 42.9. The van der Waals surface area contributed by atoms with E-state index < -0.39 is 24.2 Å². The van der Waals surface area contributed by atoms with E-state index >= 15 is 0 Å². The monoisotopic (exact) mass is 818 g/mol. The molecule has 0 spiro atoms. The Morgan fingerprint density at radius 3 is 1.64 bits per heavy atom. The van der Waals surface area contributed by atoms with Crippen molar-refractivity contribution in [2.45, 2.75) is 117 Å². The molecule has 6 aromatic rings. The van der Waals surface area contributed by atoms with Gasteiger partial charge in [-0.3, -0.25) is 14.6 Å². The molecule has 0 bridgehead atoms.